The predicted molar refractivity (Wildman–Crippen MR) is 81.0 cm³/mol. The highest BCUT2D eigenvalue weighted by atomic mass is 16.6. The number of carbonyl (C=O) groups excluding carboxylic acids is 1. The fraction of sp³-hybridized carbons (Fsp3) is 0.357. The number of hydrogen-bond donors (Lipinski definition) is 2. The first kappa shape index (κ1) is 13.7. The number of hydrogen-bond acceptors (Lipinski definition) is 7. The molecule has 0 saturated carbocycles. The Morgan fingerprint density at radius 3 is 2.91 bits per heavy atom. The van der Waals surface area contributed by atoms with E-state index in [2.05, 4.69) is 25.1 Å². The number of carbonyl (C=O) groups is 1. The van der Waals surface area contributed by atoms with Crippen LogP contribution in [0, 0.1) is 0 Å². The summed E-state index contributed by atoms with van der Waals surface area (Å²) >= 11 is 0. The molecule has 0 unspecified atom stereocenters. The van der Waals surface area contributed by atoms with E-state index in [0.29, 0.717) is 43.0 Å². The first-order chi connectivity index (χ1) is 11.2. The molecule has 0 bridgehead atoms. The summed E-state index contributed by atoms with van der Waals surface area (Å²) in [6, 6.07) is 3.72. The van der Waals surface area contributed by atoms with Crippen LogP contribution in [0.5, 0.6) is 11.5 Å². The van der Waals surface area contributed by atoms with Crippen LogP contribution in [0.25, 0.3) is 16.8 Å². The van der Waals surface area contributed by atoms with Crippen LogP contribution >= 0.6 is 0 Å². The van der Waals surface area contributed by atoms with E-state index in [4.69, 9.17) is 9.47 Å². The van der Waals surface area contributed by atoms with E-state index in [1.807, 2.05) is 12.1 Å². The van der Waals surface area contributed by atoms with Gasteiger partial charge in [0, 0.05) is 18.7 Å². The van der Waals surface area contributed by atoms with Crippen LogP contribution in [0.4, 0.5) is 5.95 Å². The maximum atomic E-state index is 11.1. The molecule has 0 amide bonds. The van der Waals surface area contributed by atoms with Crippen molar-refractivity contribution in [2.75, 3.05) is 32.2 Å². The molecule has 9 nitrogen and oxygen atoms in total. The normalized spacial score (nSPS) is 13.4. The molecule has 2 N–H and O–H groups in total. The molecule has 0 radical (unpaired) electrons. The molecular weight excluding hydrogens is 302 g/mol. The van der Waals surface area contributed by atoms with E-state index in [1.54, 1.807) is 4.52 Å². The van der Waals surface area contributed by atoms with Gasteiger partial charge < -0.3 is 19.5 Å². The zero-order chi connectivity index (χ0) is 15.8. The standard InChI is InChI=1S/C14H15N5O4/c1-21-12(20)2-3-15-13-17-14-16-8-6-10-11(23-5-4-22-10)7-9(8)19(14)18-13/h6-7H,2-5H2,1H3,(H2,15,16,17,18). The summed E-state index contributed by atoms with van der Waals surface area (Å²) in [6.07, 6.45) is 0.263. The highest BCUT2D eigenvalue weighted by Crippen LogP contribution is 2.34. The van der Waals surface area contributed by atoms with Crippen LogP contribution in [-0.4, -0.2) is 52.4 Å². The number of anilines is 1. The highest BCUT2D eigenvalue weighted by Gasteiger charge is 2.17. The highest BCUT2D eigenvalue weighted by molar-refractivity contribution is 5.83. The number of ether oxygens (including phenoxy) is 3. The SMILES string of the molecule is COC(=O)CCNc1nc2nc3cc4c(cc3n2[nH]1)OCCO4. The van der Waals surface area contributed by atoms with Crippen LogP contribution < -0.4 is 14.8 Å². The molecule has 23 heavy (non-hydrogen) atoms. The quantitative estimate of drug-likeness (QED) is 0.691. The third-order valence-electron chi connectivity index (χ3n) is 3.58. The van der Waals surface area contributed by atoms with Gasteiger partial charge in [-0.15, -0.1) is 0 Å². The van der Waals surface area contributed by atoms with Gasteiger partial charge in [-0.1, -0.05) is 0 Å². The second-order valence-electron chi connectivity index (χ2n) is 5.06. The van der Waals surface area contributed by atoms with Crippen molar-refractivity contribution in [3.63, 3.8) is 0 Å². The summed E-state index contributed by atoms with van der Waals surface area (Å²) in [7, 11) is 1.36. The molecule has 1 aliphatic heterocycles. The molecule has 0 spiro atoms. The minimum Gasteiger partial charge on any atom is -0.486 e. The molecule has 0 aliphatic carbocycles. The van der Waals surface area contributed by atoms with Crippen molar-refractivity contribution < 1.29 is 19.0 Å². The third kappa shape index (κ3) is 2.39. The van der Waals surface area contributed by atoms with Gasteiger partial charge in [-0.2, -0.15) is 4.98 Å². The monoisotopic (exact) mass is 317 g/mol. The van der Waals surface area contributed by atoms with Crippen LogP contribution in [0.1, 0.15) is 6.42 Å². The lowest BCUT2D eigenvalue weighted by Gasteiger charge is -2.17. The fourth-order valence-corrected chi connectivity index (χ4v) is 2.48. The van der Waals surface area contributed by atoms with Gasteiger partial charge in [-0.05, 0) is 0 Å². The molecule has 9 heteroatoms. The Balaban J connectivity index is 1.63. The number of esters is 1. The molecular formula is C14H15N5O4. The van der Waals surface area contributed by atoms with Gasteiger partial charge in [0.25, 0.3) is 5.78 Å². The van der Waals surface area contributed by atoms with Crippen molar-refractivity contribution in [2.24, 2.45) is 0 Å². The van der Waals surface area contributed by atoms with Crippen molar-refractivity contribution in [2.45, 2.75) is 6.42 Å². The van der Waals surface area contributed by atoms with Gasteiger partial charge in [0.2, 0.25) is 5.95 Å². The van der Waals surface area contributed by atoms with Crippen molar-refractivity contribution in [1.82, 2.24) is 19.6 Å². The maximum Gasteiger partial charge on any atom is 0.307 e. The van der Waals surface area contributed by atoms with Gasteiger partial charge >= 0.3 is 5.97 Å². The number of benzene rings is 1. The molecule has 120 valence electrons. The fourth-order valence-electron chi connectivity index (χ4n) is 2.48. The molecule has 4 rings (SSSR count). The van der Waals surface area contributed by atoms with E-state index >= 15 is 0 Å². The average molecular weight is 317 g/mol. The number of nitrogens with one attached hydrogen (secondary N) is 2. The Labute approximate surface area is 130 Å². The van der Waals surface area contributed by atoms with Gasteiger partial charge in [-0.25, -0.2) is 9.50 Å². The second-order valence-corrected chi connectivity index (χ2v) is 5.06. The van der Waals surface area contributed by atoms with Crippen molar-refractivity contribution >= 4 is 28.7 Å². The van der Waals surface area contributed by atoms with Gasteiger partial charge in [0.15, 0.2) is 11.5 Å². The minimum atomic E-state index is -0.275. The number of nitrogens with zero attached hydrogens (tertiary/aromatic N) is 3. The molecule has 0 saturated heterocycles. The summed E-state index contributed by atoms with van der Waals surface area (Å²) in [5.74, 6) is 2.18. The summed E-state index contributed by atoms with van der Waals surface area (Å²) < 4.78 is 17.5. The molecule has 3 aromatic rings. The molecule has 2 aromatic heterocycles. The van der Waals surface area contributed by atoms with Gasteiger partial charge in [0.05, 0.1) is 24.6 Å². The number of imidazole rings is 1. The predicted octanol–water partition coefficient (Wildman–Crippen LogP) is 0.957. The zero-order valence-electron chi connectivity index (χ0n) is 12.5. The molecule has 3 heterocycles. The number of aromatic nitrogens is 4. The first-order valence-corrected chi connectivity index (χ1v) is 7.23. The molecule has 0 fully saturated rings. The number of rotatable bonds is 4. The lowest BCUT2D eigenvalue weighted by Crippen LogP contribution is -2.15. The van der Waals surface area contributed by atoms with Gasteiger partial charge in [0.1, 0.15) is 13.2 Å². The summed E-state index contributed by atoms with van der Waals surface area (Å²) in [6.45, 7) is 1.49. The summed E-state index contributed by atoms with van der Waals surface area (Å²) in [4.78, 5) is 19.9. The van der Waals surface area contributed by atoms with Gasteiger partial charge in [-0.3, -0.25) is 9.89 Å². The van der Waals surface area contributed by atoms with Crippen LogP contribution in [-0.2, 0) is 9.53 Å². The van der Waals surface area contributed by atoms with E-state index in [0.717, 1.165) is 11.0 Å². The molecule has 1 aliphatic rings. The van der Waals surface area contributed by atoms with Crippen molar-refractivity contribution in [3.8, 4) is 11.5 Å². The number of aromatic amines is 1. The van der Waals surface area contributed by atoms with Crippen LogP contribution in [0.3, 0.4) is 0 Å². The Kier molecular flexibility index (Phi) is 3.18. The average Bonchev–Trinajstić information content (AvgIpc) is 3.10. The van der Waals surface area contributed by atoms with E-state index in [-0.39, 0.29) is 12.4 Å². The Morgan fingerprint density at radius 1 is 1.35 bits per heavy atom. The molecule has 0 atom stereocenters. The number of methoxy groups -OCH3 is 1. The lowest BCUT2D eigenvalue weighted by molar-refractivity contribution is -0.140. The number of H-pyrrole nitrogens is 1. The Morgan fingerprint density at radius 2 is 2.13 bits per heavy atom. The maximum absolute atomic E-state index is 11.1. The first-order valence-electron chi connectivity index (χ1n) is 7.23. The third-order valence-corrected chi connectivity index (χ3v) is 3.58. The van der Waals surface area contributed by atoms with E-state index < -0.39 is 0 Å². The zero-order valence-corrected chi connectivity index (χ0v) is 12.5. The Bertz CT molecular complexity index is 884. The van der Waals surface area contributed by atoms with Crippen LogP contribution in [0.15, 0.2) is 12.1 Å². The van der Waals surface area contributed by atoms with E-state index in [1.165, 1.54) is 7.11 Å². The second kappa shape index (κ2) is 5.34. The molecule has 1 aromatic carbocycles. The summed E-state index contributed by atoms with van der Waals surface area (Å²) in [5, 5.41) is 6.13. The topological polar surface area (TPSA) is 103 Å². The minimum absolute atomic E-state index is 0.263. The Hall–Kier alpha value is -2.97. The largest absolute Gasteiger partial charge is 0.486 e. The smallest absolute Gasteiger partial charge is 0.307 e. The number of fused-ring (bicyclic) bond motifs is 4. The van der Waals surface area contributed by atoms with Crippen molar-refractivity contribution in [1.29, 1.82) is 0 Å². The van der Waals surface area contributed by atoms with E-state index in [9.17, 15) is 4.79 Å². The summed E-state index contributed by atoms with van der Waals surface area (Å²) in [5.41, 5.74) is 1.62. The van der Waals surface area contributed by atoms with Crippen LogP contribution in [0.2, 0.25) is 0 Å². The van der Waals surface area contributed by atoms with Crippen molar-refractivity contribution in [3.05, 3.63) is 12.1 Å². The lowest BCUT2D eigenvalue weighted by atomic mass is 10.2.